The Bertz CT molecular complexity index is 538. The van der Waals surface area contributed by atoms with Gasteiger partial charge in [-0.05, 0) is 36.4 Å². The lowest BCUT2D eigenvalue weighted by molar-refractivity contribution is 0.214. The summed E-state index contributed by atoms with van der Waals surface area (Å²) in [6, 6.07) is 7.75. The molecule has 0 aliphatic rings. The third-order valence-corrected chi connectivity index (χ3v) is 3.34. The number of aliphatic hydroxyl groups is 1. The number of rotatable bonds is 2. The fourth-order valence-corrected chi connectivity index (χ4v) is 2.22. The number of hydrogen-bond donors (Lipinski definition) is 1. The van der Waals surface area contributed by atoms with Crippen LogP contribution in [-0.4, -0.2) is 5.11 Å². The molecule has 0 spiro atoms. The molecule has 1 unspecified atom stereocenters. The van der Waals surface area contributed by atoms with E-state index < -0.39 is 17.7 Å². The highest BCUT2D eigenvalue weighted by Crippen LogP contribution is 2.31. The van der Waals surface area contributed by atoms with Crippen molar-refractivity contribution in [3.63, 3.8) is 0 Å². The zero-order valence-electron chi connectivity index (χ0n) is 9.00. The summed E-state index contributed by atoms with van der Waals surface area (Å²) >= 11 is 9.06. The van der Waals surface area contributed by atoms with Crippen LogP contribution in [0.1, 0.15) is 17.2 Å². The van der Waals surface area contributed by atoms with Crippen molar-refractivity contribution >= 4 is 27.5 Å². The summed E-state index contributed by atoms with van der Waals surface area (Å²) in [4.78, 5) is 0. The van der Waals surface area contributed by atoms with Crippen molar-refractivity contribution in [3.05, 3.63) is 68.7 Å². The van der Waals surface area contributed by atoms with Crippen LogP contribution in [0.3, 0.4) is 0 Å². The smallest absolute Gasteiger partial charge is 0.129 e. The largest absolute Gasteiger partial charge is 0.383 e. The van der Waals surface area contributed by atoms with Crippen molar-refractivity contribution in [1.29, 1.82) is 0 Å². The molecule has 94 valence electrons. The van der Waals surface area contributed by atoms with E-state index in [9.17, 15) is 13.9 Å². The summed E-state index contributed by atoms with van der Waals surface area (Å²) in [7, 11) is 0. The van der Waals surface area contributed by atoms with Gasteiger partial charge in [0.25, 0.3) is 0 Å². The molecular weight excluding hydrogens is 325 g/mol. The Hall–Kier alpha value is -0.970. The molecule has 0 radical (unpaired) electrons. The zero-order valence-corrected chi connectivity index (χ0v) is 11.3. The Morgan fingerprint density at radius 3 is 2.50 bits per heavy atom. The zero-order chi connectivity index (χ0) is 13.3. The molecule has 0 amide bonds. The predicted molar refractivity (Wildman–Crippen MR) is 69.6 cm³/mol. The molecule has 0 bridgehead atoms. The van der Waals surface area contributed by atoms with E-state index in [4.69, 9.17) is 11.6 Å². The number of halogens is 4. The Morgan fingerprint density at radius 1 is 1.06 bits per heavy atom. The first-order chi connectivity index (χ1) is 8.49. The lowest BCUT2D eigenvalue weighted by atomic mass is 10.0. The SMILES string of the molecule is OC(c1cc(Br)ccc1F)c1cc(F)ccc1Cl. The predicted octanol–water partition coefficient (Wildman–Crippen LogP) is 4.46. The molecule has 0 saturated heterocycles. The molecule has 2 aromatic rings. The van der Waals surface area contributed by atoms with Crippen molar-refractivity contribution in [2.75, 3.05) is 0 Å². The van der Waals surface area contributed by atoms with E-state index in [1.165, 1.54) is 30.3 Å². The van der Waals surface area contributed by atoms with Crippen molar-refractivity contribution in [2.45, 2.75) is 6.10 Å². The maximum Gasteiger partial charge on any atom is 0.129 e. The van der Waals surface area contributed by atoms with Crippen LogP contribution in [0.15, 0.2) is 40.9 Å². The van der Waals surface area contributed by atoms with Gasteiger partial charge in [-0.25, -0.2) is 8.78 Å². The van der Waals surface area contributed by atoms with Gasteiger partial charge in [0.15, 0.2) is 0 Å². The van der Waals surface area contributed by atoms with Crippen molar-refractivity contribution in [2.24, 2.45) is 0 Å². The highest BCUT2D eigenvalue weighted by atomic mass is 79.9. The maximum atomic E-state index is 13.6. The van der Waals surface area contributed by atoms with E-state index in [1.54, 1.807) is 0 Å². The molecule has 1 N–H and O–H groups in total. The molecule has 0 fully saturated rings. The maximum absolute atomic E-state index is 13.6. The van der Waals surface area contributed by atoms with Crippen LogP contribution in [0.5, 0.6) is 0 Å². The molecule has 0 saturated carbocycles. The van der Waals surface area contributed by atoms with Crippen LogP contribution in [0.4, 0.5) is 8.78 Å². The monoisotopic (exact) mass is 332 g/mol. The van der Waals surface area contributed by atoms with Gasteiger partial charge in [0.05, 0.1) is 0 Å². The van der Waals surface area contributed by atoms with E-state index in [-0.39, 0.29) is 16.1 Å². The number of aliphatic hydroxyl groups excluding tert-OH is 1. The fourth-order valence-electron chi connectivity index (χ4n) is 1.62. The summed E-state index contributed by atoms with van der Waals surface area (Å²) in [5, 5.41) is 10.3. The minimum absolute atomic E-state index is 0.0388. The minimum atomic E-state index is -1.31. The third kappa shape index (κ3) is 2.71. The van der Waals surface area contributed by atoms with Gasteiger partial charge in [-0.3, -0.25) is 0 Å². The normalized spacial score (nSPS) is 12.5. The summed E-state index contributed by atoms with van der Waals surface area (Å²) in [5.41, 5.74) is 0.172. The topological polar surface area (TPSA) is 20.2 Å². The quantitative estimate of drug-likeness (QED) is 0.860. The molecule has 0 aliphatic heterocycles. The summed E-state index contributed by atoms with van der Waals surface area (Å²) in [6.45, 7) is 0. The molecule has 1 atom stereocenters. The molecule has 5 heteroatoms. The molecule has 0 aromatic heterocycles. The fraction of sp³-hybridized carbons (Fsp3) is 0.0769. The van der Waals surface area contributed by atoms with Crippen LogP contribution in [0.2, 0.25) is 5.02 Å². The molecular formula is C13H8BrClF2O. The van der Waals surface area contributed by atoms with Crippen LogP contribution in [-0.2, 0) is 0 Å². The number of benzene rings is 2. The van der Waals surface area contributed by atoms with Crippen LogP contribution in [0.25, 0.3) is 0 Å². The third-order valence-electron chi connectivity index (χ3n) is 2.51. The molecule has 2 rings (SSSR count). The highest BCUT2D eigenvalue weighted by molar-refractivity contribution is 9.10. The van der Waals surface area contributed by atoms with Gasteiger partial charge in [-0.15, -0.1) is 0 Å². The second-order valence-electron chi connectivity index (χ2n) is 3.73. The van der Waals surface area contributed by atoms with E-state index in [1.807, 2.05) is 0 Å². The van der Waals surface area contributed by atoms with Gasteiger partial charge >= 0.3 is 0 Å². The second-order valence-corrected chi connectivity index (χ2v) is 5.06. The van der Waals surface area contributed by atoms with Crippen molar-refractivity contribution < 1.29 is 13.9 Å². The molecule has 1 nitrogen and oxygen atoms in total. The molecule has 0 aliphatic carbocycles. The van der Waals surface area contributed by atoms with Gasteiger partial charge in [-0.1, -0.05) is 27.5 Å². The van der Waals surface area contributed by atoms with E-state index in [0.717, 1.165) is 6.07 Å². The second kappa shape index (κ2) is 5.34. The Kier molecular flexibility index (Phi) is 4.00. The summed E-state index contributed by atoms with van der Waals surface area (Å²) in [6.07, 6.45) is -1.31. The minimum Gasteiger partial charge on any atom is -0.383 e. The first-order valence-electron chi connectivity index (χ1n) is 5.07. The number of hydrogen-bond acceptors (Lipinski definition) is 1. The molecule has 18 heavy (non-hydrogen) atoms. The van der Waals surface area contributed by atoms with Gasteiger partial charge in [0, 0.05) is 20.6 Å². The van der Waals surface area contributed by atoms with Crippen molar-refractivity contribution in [1.82, 2.24) is 0 Å². The van der Waals surface area contributed by atoms with Gasteiger partial charge < -0.3 is 5.11 Å². The highest BCUT2D eigenvalue weighted by Gasteiger charge is 2.18. The van der Waals surface area contributed by atoms with Crippen LogP contribution >= 0.6 is 27.5 Å². The van der Waals surface area contributed by atoms with Crippen molar-refractivity contribution in [3.8, 4) is 0 Å². The first-order valence-corrected chi connectivity index (χ1v) is 6.24. The van der Waals surface area contributed by atoms with Crippen LogP contribution < -0.4 is 0 Å². The molecule has 0 heterocycles. The summed E-state index contributed by atoms with van der Waals surface area (Å²) < 4.78 is 27.4. The summed E-state index contributed by atoms with van der Waals surface area (Å²) in [5.74, 6) is -1.12. The Morgan fingerprint density at radius 2 is 1.78 bits per heavy atom. The average molecular weight is 334 g/mol. The Labute approximate surface area is 116 Å². The van der Waals surface area contributed by atoms with E-state index >= 15 is 0 Å². The molecule has 2 aromatic carbocycles. The van der Waals surface area contributed by atoms with Gasteiger partial charge in [-0.2, -0.15) is 0 Å². The van der Waals surface area contributed by atoms with Gasteiger partial charge in [0.2, 0.25) is 0 Å². The van der Waals surface area contributed by atoms with Gasteiger partial charge in [0.1, 0.15) is 17.7 Å². The first kappa shape index (κ1) is 13.5. The lowest BCUT2D eigenvalue weighted by Gasteiger charge is -2.14. The Balaban J connectivity index is 2.50. The van der Waals surface area contributed by atoms with Crippen LogP contribution in [0, 0.1) is 11.6 Å². The lowest BCUT2D eigenvalue weighted by Crippen LogP contribution is -2.04. The average Bonchev–Trinajstić information content (AvgIpc) is 2.34. The van der Waals surface area contributed by atoms with E-state index in [0.29, 0.717) is 4.47 Å². The van der Waals surface area contributed by atoms with E-state index in [2.05, 4.69) is 15.9 Å². The standard InChI is InChI=1S/C13H8BrClF2O/c14-7-1-4-12(17)10(5-7)13(18)9-6-8(16)2-3-11(9)15/h1-6,13,18H.